The summed E-state index contributed by atoms with van der Waals surface area (Å²) in [6.07, 6.45) is -1.44. The Kier molecular flexibility index (Phi) is 2.42. The van der Waals surface area contributed by atoms with Gasteiger partial charge in [-0.25, -0.2) is 8.78 Å². The summed E-state index contributed by atoms with van der Waals surface area (Å²) in [5.74, 6) is -2.15. The molecule has 0 aliphatic heterocycles. The molecule has 11 heavy (non-hydrogen) atoms. The van der Waals surface area contributed by atoms with Crippen LogP contribution >= 0.6 is 0 Å². The van der Waals surface area contributed by atoms with Crippen LogP contribution in [0.4, 0.5) is 8.78 Å². The highest BCUT2D eigenvalue weighted by Crippen LogP contribution is 2.34. The third-order valence-corrected chi connectivity index (χ3v) is 2.18. The largest absolute Gasteiger partial charge is 0.481 e. The smallest absolute Gasteiger partial charge is 0.306 e. The van der Waals surface area contributed by atoms with E-state index in [1.54, 1.807) is 0 Å². The Morgan fingerprint density at radius 1 is 1.45 bits per heavy atom. The number of hydrogen-bond acceptors (Lipinski definition) is 1. The van der Waals surface area contributed by atoms with E-state index in [-0.39, 0.29) is 6.42 Å². The maximum absolute atomic E-state index is 12.0. The first-order chi connectivity index (χ1) is 5.11. The number of halogens is 2. The first kappa shape index (κ1) is 8.43. The molecule has 0 amide bonds. The summed E-state index contributed by atoms with van der Waals surface area (Å²) in [5.41, 5.74) is 0. The fourth-order valence-corrected chi connectivity index (χ4v) is 1.47. The van der Waals surface area contributed by atoms with Gasteiger partial charge in [-0.05, 0) is 19.3 Å². The van der Waals surface area contributed by atoms with E-state index in [9.17, 15) is 13.6 Å². The zero-order valence-corrected chi connectivity index (χ0v) is 5.96. The lowest BCUT2D eigenvalue weighted by atomic mass is 10.1. The number of rotatable bonds is 2. The molecule has 1 fully saturated rings. The van der Waals surface area contributed by atoms with Crippen molar-refractivity contribution in [1.82, 2.24) is 0 Å². The van der Waals surface area contributed by atoms with Crippen LogP contribution in [-0.2, 0) is 4.79 Å². The predicted molar refractivity (Wildman–Crippen MR) is 34.5 cm³/mol. The van der Waals surface area contributed by atoms with Crippen LogP contribution in [-0.4, -0.2) is 17.5 Å². The van der Waals surface area contributed by atoms with Crippen molar-refractivity contribution in [2.75, 3.05) is 0 Å². The van der Waals surface area contributed by atoms with Crippen LogP contribution < -0.4 is 0 Å². The van der Waals surface area contributed by atoms with Crippen LogP contribution in [0.3, 0.4) is 0 Å². The molecular weight excluding hydrogens is 154 g/mol. The third kappa shape index (κ3) is 1.88. The van der Waals surface area contributed by atoms with Crippen LogP contribution in [0, 0.1) is 11.8 Å². The van der Waals surface area contributed by atoms with Gasteiger partial charge in [0.1, 0.15) is 0 Å². The van der Waals surface area contributed by atoms with Crippen molar-refractivity contribution < 1.29 is 18.7 Å². The summed E-state index contributed by atoms with van der Waals surface area (Å²) in [6.45, 7) is 0. The van der Waals surface area contributed by atoms with Gasteiger partial charge in [0.15, 0.2) is 0 Å². The Balaban J connectivity index is 2.41. The van der Waals surface area contributed by atoms with Gasteiger partial charge < -0.3 is 5.11 Å². The zero-order chi connectivity index (χ0) is 8.43. The summed E-state index contributed by atoms with van der Waals surface area (Å²) in [5, 5.41) is 8.47. The number of aliphatic carboxylic acids is 1. The van der Waals surface area contributed by atoms with E-state index >= 15 is 0 Å². The number of carboxylic acids is 1. The standard InChI is InChI=1S/C7H10F2O2/c8-6(9)4-1-2-5(3-4)7(10)11/h4-6H,1-3H2,(H,10,11). The number of alkyl halides is 2. The highest BCUT2D eigenvalue weighted by Gasteiger charge is 2.34. The quantitative estimate of drug-likeness (QED) is 0.675. The Bertz CT molecular complexity index is 159. The van der Waals surface area contributed by atoms with Crippen molar-refractivity contribution in [3.63, 3.8) is 0 Å². The number of carboxylic acid groups (broad SMARTS) is 1. The maximum atomic E-state index is 12.0. The third-order valence-electron chi connectivity index (χ3n) is 2.18. The van der Waals surface area contributed by atoms with Crippen molar-refractivity contribution in [3.8, 4) is 0 Å². The van der Waals surface area contributed by atoms with Crippen molar-refractivity contribution in [2.45, 2.75) is 25.7 Å². The maximum Gasteiger partial charge on any atom is 0.306 e. The molecule has 1 saturated carbocycles. The lowest BCUT2D eigenvalue weighted by Crippen LogP contribution is -2.12. The summed E-state index contributed by atoms with van der Waals surface area (Å²) >= 11 is 0. The molecule has 0 radical (unpaired) electrons. The van der Waals surface area contributed by atoms with Crippen molar-refractivity contribution in [3.05, 3.63) is 0 Å². The second-order valence-electron chi connectivity index (χ2n) is 2.94. The van der Waals surface area contributed by atoms with Gasteiger partial charge in [0, 0.05) is 5.92 Å². The molecule has 0 aromatic carbocycles. The van der Waals surface area contributed by atoms with Crippen molar-refractivity contribution in [2.24, 2.45) is 11.8 Å². The van der Waals surface area contributed by atoms with E-state index in [0.29, 0.717) is 12.8 Å². The Hall–Kier alpha value is -0.670. The zero-order valence-electron chi connectivity index (χ0n) is 5.96. The summed E-state index contributed by atoms with van der Waals surface area (Å²) in [7, 11) is 0. The Labute approximate surface area is 63.2 Å². The molecule has 2 atom stereocenters. The van der Waals surface area contributed by atoms with Crippen LogP contribution in [0.15, 0.2) is 0 Å². The Morgan fingerprint density at radius 3 is 2.36 bits per heavy atom. The van der Waals surface area contributed by atoms with Gasteiger partial charge in [-0.3, -0.25) is 4.79 Å². The first-order valence-electron chi connectivity index (χ1n) is 3.62. The number of hydrogen-bond donors (Lipinski definition) is 1. The summed E-state index contributed by atoms with van der Waals surface area (Å²) < 4.78 is 24.0. The summed E-state index contributed by atoms with van der Waals surface area (Å²) in [6, 6.07) is 0. The second kappa shape index (κ2) is 3.15. The van der Waals surface area contributed by atoms with Crippen molar-refractivity contribution >= 4 is 5.97 Å². The van der Waals surface area contributed by atoms with Gasteiger partial charge in [-0.1, -0.05) is 0 Å². The lowest BCUT2D eigenvalue weighted by molar-refractivity contribution is -0.141. The number of carbonyl (C=O) groups is 1. The average molecular weight is 164 g/mol. The molecule has 4 heteroatoms. The molecule has 2 unspecified atom stereocenters. The van der Waals surface area contributed by atoms with Crippen LogP contribution in [0.5, 0.6) is 0 Å². The lowest BCUT2D eigenvalue weighted by Gasteiger charge is -2.06. The van der Waals surface area contributed by atoms with Gasteiger partial charge in [-0.15, -0.1) is 0 Å². The molecule has 2 nitrogen and oxygen atoms in total. The molecule has 0 heterocycles. The SMILES string of the molecule is O=C(O)C1CCC(C(F)F)C1. The van der Waals surface area contributed by atoms with Gasteiger partial charge in [-0.2, -0.15) is 0 Å². The minimum atomic E-state index is -2.35. The minimum Gasteiger partial charge on any atom is -0.481 e. The van der Waals surface area contributed by atoms with Crippen LogP contribution in [0.2, 0.25) is 0 Å². The molecule has 0 aromatic heterocycles. The van der Waals surface area contributed by atoms with Crippen LogP contribution in [0.1, 0.15) is 19.3 Å². The molecule has 1 rings (SSSR count). The molecule has 1 aliphatic carbocycles. The monoisotopic (exact) mass is 164 g/mol. The van der Waals surface area contributed by atoms with Crippen molar-refractivity contribution in [1.29, 1.82) is 0 Å². The molecule has 0 aromatic rings. The fourth-order valence-electron chi connectivity index (χ4n) is 1.47. The Morgan fingerprint density at radius 2 is 2.09 bits per heavy atom. The molecule has 0 spiro atoms. The van der Waals surface area contributed by atoms with Gasteiger partial charge >= 0.3 is 5.97 Å². The highest BCUT2D eigenvalue weighted by molar-refractivity contribution is 5.70. The summed E-state index contributed by atoms with van der Waals surface area (Å²) in [4.78, 5) is 10.3. The minimum absolute atomic E-state index is 0.146. The fraction of sp³-hybridized carbons (Fsp3) is 0.857. The molecule has 64 valence electrons. The molecule has 1 N–H and O–H groups in total. The topological polar surface area (TPSA) is 37.3 Å². The normalized spacial score (nSPS) is 31.2. The first-order valence-corrected chi connectivity index (χ1v) is 3.62. The average Bonchev–Trinajstić information content (AvgIpc) is 2.33. The van der Waals surface area contributed by atoms with Gasteiger partial charge in [0.25, 0.3) is 0 Å². The molecule has 0 bridgehead atoms. The van der Waals surface area contributed by atoms with Crippen LogP contribution in [0.25, 0.3) is 0 Å². The van der Waals surface area contributed by atoms with E-state index in [1.165, 1.54) is 0 Å². The molecule has 0 saturated heterocycles. The van der Waals surface area contributed by atoms with E-state index in [4.69, 9.17) is 5.11 Å². The van der Waals surface area contributed by atoms with E-state index in [1.807, 2.05) is 0 Å². The van der Waals surface area contributed by atoms with Gasteiger partial charge in [0.05, 0.1) is 5.92 Å². The second-order valence-corrected chi connectivity index (χ2v) is 2.94. The predicted octanol–water partition coefficient (Wildman–Crippen LogP) is 1.75. The van der Waals surface area contributed by atoms with Gasteiger partial charge in [0.2, 0.25) is 6.43 Å². The van der Waals surface area contributed by atoms with E-state index in [0.717, 1.165) is 0 Å². The van der Waals surface area contributed by atoms with E-state index < -0.39 is 24.2 Å². The highest BCUT2D eigenvalue weighted by atomic mass is 19.3. The molecule has 1 aliphatic rings. The molecular formula is C7H10F2O2. The van der Waals surface area contributed by atoms with E-state index in [2.05, 4.69) is 0 Å².